The maximum Gasteiger partial charge on any atom is 0.176 e. The van der Waals surface area contributed by atoms with Crippen molar-refractivity contribution in [3.63, 3.8) is 0 Å². The highest BCUT2D eigenvalue weighted by Crippen LogP contribution is 2.11. The summed E-state index contributed by atoms with van der Waals surface area (Å²) in [6.07, 6.45) is 1.12. The van der Waals surface area contributed by atoms with Gasteiger partial charge < -0.3 is 5.32 Å². The van der Waals surface area contributed by atoms with Crippen LogP contribution in [0, 0.1) is 0 Å². The first-order valence-corrected chi connectivity index (χ1v) is 6.32. The van der Waals surface area contributed by atoms with Gasteiger partial charge in [0.15, 0.2) is 15.6 Å². The highest BCUT2D eigenvalue weighted by molar-refractivity contribution is 7.90. The quantitative estimate of drug-likeness (QED) is 0.760. The molecule has 15 heavy (non-hydrogen) atoms. The Balaban J connectivity index is 3.09. The molecule has 0 heterocycles. The minimum atomic E-state index is -3.25. The van der Waals surface area contributed by atoms with Gasteiger partial charge in [0.25, 0.3) is 0 Å². The number of rotatable bonds is 4. The molecule has 0 saturated heterocycles. The molecule has 82 valence electrons. The van der Waals surface area contributed by atoms with Crippen LogP contribution in [0.15, 0.2) is 29.2 Å². The standard InChI is InChI=1S/C10H13NO3S/c1-11-7-10(12)8-4-3-5-9(6-8)15(2,13)14/h3-6,11H,7H2,1-2H3. The smallest absolute Gasteiger partial charge is 0.176 e. The predicted molar refractivity (Wildman–Crippen MR) is 57.8 cm³/mol. The molecule has 0 aliphatic carbocycles. The van der Waals surface area contributed by atoms with E-state index in [1.165, 1.54) is 12.1 Å². The molecule has 1 aromatic rings. The molecule has 1 rings (SSSR count). The van der Waals surface area contributed by atoms with Crippen molar-refractivity contribution < 1.29 is 13.2 Å². The van der Waals surface area contributed by atoms with Gasteiger partial charge in [0.05, 0.1) is 11.4 Å². The van der Waals surface area contributed by atoms with Gasteiger partial charge in [0.2, 0.25) is 0 Å². The summed E-state index contributed by atoms with van der Waals surface area (Å²) in [4.78, 5) is 11.6. The number of likely N-dealkylation sites (N-methyl/N-ethyl adjacent to an activating group) is 1. The van der Waals surface area contributed by atoms with Crippen molar-refractivity contribution in [2.24, 2.45) is 0 Å². The molecule has 0 fully saturated rings. The van der Waals surface area contributed by atoms with Crippen molar-refractivity contribution in [2.45, 2.75) is 4.90 Å². The molecule has 5 heteroatoms. The maximum atomic E-state index is 11.5. The summed E-state index contributed by atoms with van der Waals surface area (Å²) in [5.74, 6) is -0.122. The molecule has 4 nitrogen and oxygen atoms in total. The number of Topliss-reactive ketones (excluding diaryl/α,β-unsaturated/α-hetero) is 1. The van der Waals surface area contributed by atoms with Crippen molar-refractivity contribution in [1.29, 1.82) is 0 Å². The Morgan fingerprint density at radius 2 is 2.07 bits per heavy atom. The van der Waals surface area contributed by atoms with Gasteiger partial charge in [-0.2, -0.15) is 0 Å². The summed E-state index contributed by atoms with van der Waals surface area (Å²) in [5, 5.41) is 2.73. The average Bonchev–Trinajstić information content (AvgIpc) is 2.17. The molecule has 1 aromatic carbocycles. The molecule has 0 amide bonds. The summed E-state index contributed by atoms with van der Waals surface area (Å²) in [7, 11) is -1.58. The Bertz CT molecular complexity index is 465. The van der Waals surface area contributed by atoms with Crippen LogP contribution in [0.3, 0.4) is 0 Å². The van der Waals surface area contributed by atoms with Crippen LogP contribution in [0.5, 0.6) is 0 Å². The Morgan fingerprint density at radius 1 is 1.40 bits per heavy atom. The molecular formula is C10H13NO3S. The van der Waals surface area contributed by atoms with Crippen molar-refractivity contribution in [3.8, 4) is 0 Å². The number of nitrogens with one attached hydrogen (secondary N) is 1. The second-order valence-electron chi connectivity index (χ2n) is 3.25. The van der Waals surface area contributed by atoms with E-state index in [1.807, 2.05) is 0 Å². The van der Waals surface area contributed by atoms with Gasteiger partial charge in [-0.15, -0.1) is 0 Å². The van der Waals surface area contributed by atoms with Crippen molar-refractivity contribution in [1.82, 2.24) is 5.32 Å². The van der Waals surface area contributed by atoms with E-state index < -0.39 is 9.84 Å². The first-order chi connectivity index (χ1) is 6.95. The fourth-order valence-corrected chi connectivity index (χ4v) is 1.83. The van der Waals surface area contributed by atoms with Crippen LogP contribution in [0.2, 0.25) is 0 Å². The lowest BCUT2D eigenvalue weighted by Crippen LogP contribution is -2.18. The Kier molecular flexibility index (Phi) is 3.60. The van der Waals surface area contributed by atoms with Gasteiger partial charge in [0, 0.05) is 11.8 Å². The summed E-state index contributed by atoms with van der Waals surface area (Å²) in [6.45, 7) is 0.202. The van der Waals surface area contributed by atoms with E-state index >= 15 is 0 Å². The monoisotopic (exact) mass is 227 g/mol. The van der Waals surface area contributed by atoms with Gasteiger partial charge >= 0.3 is 0 Å². The van der Waals surface area contributed by atoms with Crippen LogP contribution in [0.25, 0.3) is 0 Å². The van der Waals surface area contributed by atoms with Crippen molar-refractivity contribution in [3.05, 3.63) is 29.8 Å². The lowest BCUT2D eigenvalue weighted by Gasteiger charge is -2.02. The highest BCUT2D eigenvalue weighted by Gasteiger charge is 2.10. The van der Waals surface area contributed by atoms with E-state index in [0.717, 1.165) is 6.26 Å². The summed E-state index contributed by atoms with van der Waals surface area (Å²) in [6, 6.07) is 6.05. The molecule has 0 saturated carbocycles. The Labute approximate surface area is 89.2 Å². The fraction of sp³-hybridized carbons (Fsp3) is 0.300. The van der Waals surface area contributed by atoms with Crippen LogP contribution in [-0.2, 0) is 9.84 Å². The molecule has 0 aromatic heterocycles. The lowest BCUT2D eigenvalue weighted by atomic mass is 10.1. The molecule has 0 radical (unpaired) electrons. The fourth-order valence-electron chi connectivity index (χ4n) is 1.16. The molecule has 0 unspecified atom stereocenters. The van der Waals surface area contributed by atoms with Crippen LogP contribution in [-0.4, -0.2) is 34.0 Å². The molecule has 0 aliphatic rings. The number of hydrogen-bond acceptors (Lipinski definition) is 4. The summed E-state index contributed by atoms with van der Waals surface area (Å²) in [5.41, 5.74) is 0.410. The second kappa shape index (κ2) is 4.55. The van der Waals surface area contributed by atoms with E-state index in [0.29, 0.717) is 5.56 Å². The average molecular weight is 227 g/mol. The second-order valence-corrected chi connectivity index (χ2v) is 5.27. The minimum absolute atomic E-state index is 0.122. The number of hydrogen-bond donors (Lipinski definition) is 1. The number of ketones is 1. The largest absolute Gasteiger partial charge is 0.313 e. The van der Waals surface area contributed by atoms with Gasteiger partial charge in [0.1, 0.15) is 0 Å². The first kappa shape index (κ1) is 11.9. The zero-order chi connectivity index (χ0) is 11.5. The third-order valence-electron chi connectivity index (χ3n) is 1.92. The third-order valence-corrected chi connectivity index (χ3v) is 3.03. The molecule has 0 spiro atoms. The van der Waals surface area contributed by atoms with E-state index in [-0.39, 0.29) is 17.2 Å². The molecule has 0 bridgehead atoms. The number of carbonyl (C=O) groups is 1. The van der Waals surface area contributed by atoms with Gasteiger partial charge in [-0.1, -0.05) is 12.1 Å². The zero-order valence-corrected chi connectivity index (χ0v) is 9.47. The van der Waals surface area contributed by atoms with Crippen molar-refractivity contribution >= 4 is 15.6 Å². The summed E-state index contributed by atoms with van der Waals surface area (Å²) < 4.78 is 22.5. The van der Waals surface area contributed by atoms with Gasteiger partial charge in [-0.3, -0.25) is 4.79 Å². The lowest BCUT2D eigenvalue weighted by molar-refractivity contribution is 0.0993. The molecule has 1 N–H and O–H groups in total. The normalized spacial score (nSPS) is 11.3. The van der Waals surface area contributed by atoms with Gasteiger partial charge in [-0.05, 0) is 19.2 Å². The highest BCUT2D eigenvalue weighted by atomic mass is 32.2. The SMILES string of the molecule is CNCC(=O)c1cccc(S(C)(=O)=O)c1. The van der Waals surface area contributed by atoms with Crippen molar-refractivity contribution in [2.75, 3.05) is 19.8 Å². The maximum absolute atomic E-state index is 11.5. The molecule has 0 aliphatic heterocycles. The Hall–Kier alpha value is -1.20. The number of sulfone groups is 1. The van der Waals surface area contributed by atoms with E-state index in [2.05, 4.69) is 5.32 Å². The van der Waals surface area contributed by atoms with Crippen LogP contribution < -0.4 is 5.32 Å². The number of carbonyl (C=O) groups excluding carboxylic acids is 1. The van der Waals surface area contributed by atoms with Crippen LogP contribution in [0.1, 0.15) is 10.4 Å². The predicted octanol–water partition coefficient (Wildman–Crippen LogP) is 0.492. The third kappa shape index (κ3) is 3.14. The Morgan fingerprint density at radius 3 is 2.60 bits per heavy atom. The van der Waals surface area contributed by atoms with E-state index in [4.69, 9.17) is 0 Å². The zero-order valence-electron chi connectivity index (χ0n) is 8.65. The van der Waals surface area contributed by atoms with E-state index in [9.17, 15) is 13.2 Å². The molecule has 0 atom stereocenters. The van der Waals surface area contributed by atoms with Gasteiger partial charge in [-0.25, -0.2) is 8.42 Å². The van der Waals surface area contributed by atoms with Crippen LogP contribution >= 0.6 is 0 Å². The topological polar surface area (TPSA) is 63.2 Å². The number of benzene rings is 1. The van der Waals surface area contributed by atoms with E-state index in [1.54, 1.807) is 19.2 Å². The molecular weight excluding hydrogens is 214 g/mol. The summed E-state index contributed by atoms with van der Waals surface area (Å²) >= 11 is 0. The minimum Gasteiger partial charge on any atom is -0.313 e. The van der Waals surface area contributed by atoms with Crippen LogP contribution in [0.4, 0.5) is 0 Å². The first-order valence-electron chi connectivity index (χ1n) is 4.43.